The standard InChI is InChI=1S/C22H24N6O/c29-22(28-12-10-27(11-13-28)16-18-6-2-1-3-7-18)20-14-21(26-17-25-20)24-15-19-8-4-5-9-23-19/h1-9,14,17H,10-13,15-16H2,(H,24,25,26). The summed E-state index contributed by atoms with van der Waals surface area (Å²) in [7, 11) is 0. The summed E-state index contributed by atoms with van der Waals surface area (Å²) in [5, 5.41) is 3.20. The third-order valence-electron chi connectivity index (χ3n) is 4.97. The van der Waals surface area contributed by atoms with Crippen molar-refractivity contribution in [1.29, 1.82) is 0 Å². The monoisotopic (exact) mass is 388 g/mol. The first-order valence-corrected chi connectivity index (χ1v) is 9.79. The molecule has 7 nitrogen and oxygen atoms in total. The fourth-order valence-corrected chi connectivity index (χ4v) is 3.37. The number of anilines is 1. The summed E-state index contributed by atoms with van der Waals surface area (Å²) in [4.78, 5) is 29.8. The van der Waals surface area contributed by atoms with Gasteiger partial charge in [0.05, 0.1) is 12.2 Å². The second-order valence-electron chi connectivity index (χ2n) is 7.02. The molecule has 1 saturated heterocycles. The summed E-state index contributed by atoms with van der Waals surface area (Å²) in [5.41, 5.74) is 2.63. The maximum atomic E-state index is 12.9. The number of piperazine rings is 1. The average Bonchev–Trinajstić information content (AvgIpc) is 2.79. The summed E-state index contributed by atoms with van der Waals surface area (Å²) in [6.07, 6.45) is 3.18. The number of carbonyl (C=O) groups excluding carboxylic acids is 1. The summed E-state index contributed by atoms with van der Waals surface area (Å²) in [6.45, 7) is 4.58. The summed E-state index contributed by atoms with van der Waals surface area (Å²) >= 11 is 0. The van der Waals surface area contributed by atoms with Gasteiger partial charge in [-0.05, 0) is 17.7 Å². The first-order chi connectivity index (χ1) is 14.3. The molecular formula is C22H24N6O. The lowest BCUT2D eigenvalue weighted by Crippen LogP contribution is -2.48. The zero-order chi connectivity index (χ0) is 19.9. The van der Waals surface area contributed by atoms with Crippen LogP contribution < -0.4 is 5.32 Å². The van der Waals surface area contributed by atoms with E-state index in [1.54, 1.807) is 12.3 Å². The zero-order valence-corrected chi connectivity index (χ0v) is 16.2. The van der Waals surface area contributed by atoms with E-state index in [0.29, 0.717) is 31.1 Å². The molecule has 1 aromatic carbocycles. The van der Waals surface area contributed by atoms with Crippen molar-refractivity contribution < 1.29 is 4.79 Å². The van der Waals surface area contributed by atoms with Gasteiger partial charge in [0.1, 0.15) is 17.8 Å². The molecule has 29 heavy (non-hydrogen) atoms. The largest absolute Gasteiger partial charge is 0.364 e. The van der Waals surface area contributed by atoms with Crippen LogP contribution in [0.1, 0.15) is 21.7 Å². The quantitative estimate of drug-likeness (QED) is 0.699. The normalized spacial score (nSPS) is 14.6. The van der Waals surface area contributed by atoms with Crippen LogP contribution in [0.15, 0.2) is 67.1 Å². The maximum Gasteiger partial charge on any atom is 0.272 e. The minimum absolute atomic E-state index is 0.0485. The van der Waals surface area contributed by atoms with Crippen LogP contribution in [0.25, 0.3) is 0 Å². The highest BCUT2D eigenvalue weighted by atomic mass is 16.2. The number of carbonyl (C=O) groups is 1. The molecule has 1 N–H and O–H groups in total. The molecule has 1 aliphatic heterocycles. The molecule has 1 fully saturated rings. The van der Waals surface area contributed by atoms with E-state index in [0.717, 1.165) is 25.3 Å². The number of nitrogens with one attached hydrogen (secondary N) is 1. The number of amides is 1. The third-order valence-corrected chi connectivity index (χ3v) is 4.97. The molecule has 4 rings (SSSR count). The van der Waals surface area contributed by atoms with E-state index in [1.807, 2.05) is 29.2 Å². The highest BCUT2D eigenvalue weighted by Gasteiger charge is 2.23. The fraction of sp³-hybridized carbons (Fsp3) is 0.273. The molecule has 7 heteroatoms. The van der Waals surface area contributed by atoms with Crippen molar-refractivity contribution >= 4 is 11.7 Å². The lowest BCUT2D eigenvalue weighted by Gasteiger charge is -2.34. The minimum atomic E-state index is -0.0485. The first kappa shape index (κ1) is 19.0. The van der Waals surface area contributed by atoms with E-state index in [-0.39, 0.29) is 5.91 Å². The van der Waals surface area contributed by atoms with E-state index >= 15 is 0 Å². The van der Waals surface area contributed by atoms with Crippen molar-refractivity contribution in [2.24, 2.45) is 0 Å². The van der Waals surface area contributed by atoms with E-state index in [2.05, 4.69) is 49.4 Å². The number of hydrogen-bond acceptors (Lipinski definition) is 6. The van der Waals surface area contributed by atoms with E-state index < -0.39 is 0 Å². The Morgan fingerprint density at radius 1 is 0.931 bits per heavy atom. The number of benzene rings is 1. The number of rotatable bonds is 6. The Morgan fingerprint density at radius 2 is 1.72 bits per heavy atom. The van der Waals surface area contributed by atoms with Crippen LogP contribution in [0, 0.1) is 0 Å². The van der Waals surface area contributed by atoms with Crippen molar-refractivity contribution in [2.45, 2.75) is 13.1 Å². The fourth-order valence-electron chi connectivity index (χ4n) is 3.37. The molecule has 0 atom stereocenters. The van der Waals surface area contributed by atoms with Gasteiger partial charge in [0.25, 0.3) is 5.91 Å². The van der Waals surface area contributed by atoms with Gasteiger partial charge in [-0.25, -0.2) is 9.97 Å². The van der Waals surface area contributed by atoms with Gasteiger partial charge in [-0.3, -0.25) is 14.7 Å². The molecule has 0 radical (unpaired) electrons. The Labute approximate surface area is 170 Å². The summed E-state index contributed by atoms with van der Waals surface area (Å²) in [6, 6.07) is 17.9. The second-order valence-corrected chi connectivity index (χ2v) is 7.02. The van der Waals surface area contributed by atoms with Gasteiger partial charge >= 0.3 is 0 Å². The molecule has 2 aromatic heterocycles. The Hall–Kier alpha value is -3.32. The molecule has 1 amide bonds. The van der Waals surface area contributed by atoms with Gasteiger partial charge < -0.3 is 10.2 Å². The van der Waals surface area contributed by atoms with E-state index in [1.165, 1.54) is 11.9 Å². The predicted molar refractivity (Wildman–Crippen MR) is 111 cm³/mol. The van der Waals surface area contributed by atoms with Gasteiger partial charge in [0.15, 0.2) is 0 Å². The van der Waals surface area contributed by atoms with Crippen molar-refractivity contribution in [3.05, 3.63) is 84.1 Å². The molecule has 0 bridgehead atoms. The molecule has 0 spiro atoms. The van der Waals surface area contributed by atoms with Crippen LogP contribution in [0.3, 0.4) is 0 Å². The lowest BCUT2D eigenvalue weighted by molar-refractivity contribution is 0.0622. The molecule has 3 aromatic rings. The predicted octanol–water partition coefficient (Wildman–Crippen LogP) is 2.44. The SMILES string of the molecule is O=C(c1cc(NCc2ccccn2)ncn1)N1CCN(Cc2ccccc2)CC1. The number of aromatic nitrogens is 3. The van der Waals surface area contributed by atoms with E-state index in [9.17, 15) is 4.79 Å². The van der Waals surface area contributed by atoms with Crippen molar-refractivity contribution in [3.63, 3.8) is 0 Å². The molecule has 1 aliphatic rings. The number of pyridine rings is 1. The minimum Gasteiger partial charge on any atom is -0.364 e. The molecule has 0 aliphatic carbocycles. The van der Waals surface area contributed by atoms with Gasteiger partial charge in [-0.2, -0.15) is 0 Å². The van der Waals surface area contributed by atoms with Gasteiger partial charge in [0.2, 0.25) is 0 Å². The average molecular weight is 388 g/mol. The van der Waals surface area contributed by atoms with Gasteiger partial charge in [-0.1, -0.05) is 36.4 Å². The molecule has 0 unspecified atom stereocenters. The van der Waals surface area contributed by atoms with Crippen LogP contribution in [0.2, 0.25) is 0 Å². The van der Waals surface area contributed by atoms with Crippen LogP contribution >= 0.6 is 0 Å². The van der Waals surface area contributed by atoms with Crippen LogP contribution in [-0.4, -0.2) is 56.8 Å². The smallest absolute Gasteiger partial charge is 0.272 e. The van der Waals surface area contributed by atoms with Gasteiger partial charge in [-0.15, -0.1) is 0 Å². The molecular weight excluding hydrogens is 364 g/mol. The molecule has 148 valence electrons. The highest BCUT2D eigenvalue weighted by molar-refractivity contribution is 5.93. The topological polar surface area (TPSA) is 74.2 Å². The van der Waals surface area contributed by atoms with Gasteiger partial charge in [0, 0.05) is 45.0 Å². The Bertz CT molecular complexity index is 926. The Morgan fingerprint density at radius 3 is 2.48 bits per heavy atom. The summed E-state index contributed by atoms with van der Waals surface area (Å²) in [5.74, 6) is 0.573. The molecule has 3 heterocycles. The van der Waals surface area contributed by atoms with E-state index in [4.69, 9.17) is 0 Å². The van der Waals surface area contributed by atoms with Crippen molar-refractivity contribution in [1.82, 2.24) is 24.8 Å². The maximum absolute atomic E-state index is 12.9. The zero-order valence-electron chi connectivity index (χ0n) is 16.2. The number of nitrogens with zero attached hydrogens (tertiary/aromatic N) is 5. The summed E-state index contributed by atoms with van der Waals surface area (Å²) < 4.78 is 0. The Balaban J connectivity index is 1.31. The lowest BCUT2D eigenvalue weighted by atomic mass is 10.2. The van der Waals surface area contributed by atoms with Crippen LogP contribution in [0.4, 0.5) is 5.82 Å². The molecule has 0 saturated carbocycles. The number of hydrogen-bond donors (Lipinski definition) is 1. The van der Waals surface area contributed by atoms with Crippen molar-refractivity contribution in [2.75, 3.05) is 31.5 Å². The van der Waals surface area contributed by atoms with Crippen LogP contribution in [0.5, 0.6) is 0 Å². The Kier molecular flexibility index (Phi) is 6.07. The highest BCUT2D eigenvalue weighted by Crippen LogP contribution is 2.12. The second kappa shape index (κ2) is 9.25. The van der Waals surface area contributed by atoms with Crippen molar-refractivity contribution in [3.8, 4) is 0 Å². The third kappa shape index (κ3) is 5.14. The van der Waals surface area contributed by atoms with Crippen LogP contribution in [-0.2, 0) is 13.1 Å². The first-order valence-electron chi connectivity index (χ1n) is 9.79.